The van der Waals surface area contributed by atoms with Crippen LogP contribution >= 0.6 is 15.9 Å². The summed E-state index contributed by atoms with van der Waals surface area (Å²) in [7, 11) is 0. The Balaban J connectivity index is 2.05. The van der Waals surface area contributed by atoms with E-state index in [1.807, 2.05) is 24.3 Å². The van der Waals surface area contributed by atoms with Gasteiger partial charge >= 0.3 is 5.97 Å². The van der Waals surface area contributed by atoms with Crippen LogP contribution in [0.3, 0.4) is 0 Å². The van der Waals surface area contributed by atoms with Crippen molar-refractivity contribution in [2.75, 3.05) is 11.9 Å². The van der Waals surface area contributed by atoms with Crippen LogP contribution in [0.2, 0.25) is 0 Å². The van der Waals surface area contributed by atoms with Crippen molar-refractivity contribution in [3.63, 3.8) is 0 Å². The molecule has 0 fully saturated rings. The van der Waals surface area contributed by atoms with Gasteiger partial charge in [-0.3, -0.25) is 4.79 Å². The van der Waals surface area contributed by atoms with Crippen LogP contribution < -0.4 is 5.32 Å². The van der Waals surface area contributed by atoms with Crippen LogP contribution in [-0.4, -0.2) is 23.5 Å². The van der Waals surface area contributed by atoms with Crippen LogP contribution in [-0.2, 0) is 4.74 Å². The molecule has 3 aromatic rings. The lowest BCUT2D eigenvalue weighted by molar-refractivity contribution is 0.0522. The summed E-state index contributed by atoms with van der Waals surface area (Å²) < 4.78 is 5.95. The zero-order valence-electron chi connectivity index (χ0n) is 12.9. The number of amides is 1. The van der Waals surface area contributed by atoms with Crippen LogP contribution in [0.1, 0.15) is 27.8 Å². The standard InChI is InChI=1S/C18H15BrN2O3/c1-2-24-18(23)16-15(13-9-8-12(19)10-14(13)20-16)21-17(22)11-6-4-3-5-7-11/h3-10,20H,2H2,1H3,(H,21,22). The van der Waals surface area contributed by atoms with Gasteiger partial charge in [0, 0.05) is 20.9 Å². The highest BCUT2D eigenvalue weighted by Gasteiger charge is 2.21. The van der Waals surface area contributed by atoms with E-state index in [1.54, 1.807) is 31.2 Å². The number of aromatic amines is 1. The average Bonchev–Trinajstić information content (AvgIpc) is 2.93. The lowest BCUT2D eigenvalue weighted by Crippen LogP contribution is -2.15. The number of carbonyl (C=O) groups excluding carboxylic acids is 2. The van der Waals surface area contributed by atoms with Crippen molar-refractivity contribution < 1.29 is 14.3 Å². The molecule has 0 aliphatic heterocycles. The van der Waals surface area contributed by atoms with Gasteiger partial charge in [-0.05, 0) is 37.3 Å². The Morgan fingerprint density at radius 3 is 2.62 bits per heavy atom. The van der Waals surface area contributed by atoms with E-state index in [0.29, 0.717) is 11.3 Å². The number of H-pyrrole nitrogens is 1. The summed E-state index contributed by atoms with van der Waals surface area (Å²) in [6, 6.07) is 14.4. The summed E-state index contributed by atoms with van der Waals surface area (Å²) >= 11 is 3.40. The van der Waals surface area contributed by atoms with Crippen molar-refractivity contribution in [3.05, 3.63) is 64.3 Å². The number of esters is 1. The summed E-state index contributed by atoms with van der Waals surface area (Å²) in [6.07, 6.45) is 0. The second kappa shape index (κ2) is 6.88. The quantitative estimate of drug-likeness (QED) is 0.654. The van der Waals surface area contributed by atoms with Crippen molar-refractivity contribution in [2.24, 2.45) is 0 Å². The zero-order chi connectivity index (χ0) is 17.1. The second-order valence-electron chi connectivity index (χ2n) is 5.11. The Morgan fingerprint density at radius 1 is 1.17 bits per heavy atom. The maximum Gasteiger partial charge on any atom is 0.356 e. The fourth-order valence-corrected chi connectivity index (χ4v) is 2.79. The van der Waals surface area contributed by atoms with E-state index < -0.39 is 5.97 Å². The third kappa shape index (κ3) is 3.19. The van der Waals surface area contributed by atoms with Gasteiger partial charge in [-0.1, -0.05) is 34.1 Å². The summed E-state index contributed by atoms with van der Waals surface area (Å²) in [5.41, 5.74) is 1.90. The van der Waals surface area contributed by atoms with Gasteiger partial charge in [0.25, 0.3) is 5.91 Å². The van der Waals surface area contributed by atoms with Gasteiger partial charge in [0.15, 0.2) is 0 Å². The first-order valence-electron chi connectivity index (χ1n) is 7.45. The first-order valence-corrected chi connectivity index (χ1v) is 8.24. The summed E-state index contributed by atoms with van der Waals surface area (Å²) in [4.78, 5) is 27.7. The molecule has 6 heteroatoms. The molecule has 0 saturated heterocycles. The smallest absolute Gasteiger partial charge is 0.356 e. The Kier molecular flexibility index (Phi) is 4.66. The number of hydrogen-bond donors (Lipinski definition) is 2. The van der Waals surface area contributed by atoms with Crippen molar-refractivity contribution >= 4 is 44.4 Å². The molecule has 0 bridgehead atoms. The number of nitrogens with one attached hydrogen (secondary N) is 2. The molecular weight excluding hydrogens is 372 g/mol. The SMILES string of the molecule is CCOC(=O)c1[nH]c2cc(Br)ccc2c1NC(=O)c1ccccc1. The second-order valence-corrected chi connectivity index (χ2v) is 6.02. The number of rotatable bonds is 4. The molecular formula is C18H15BrN2O3. The lowest BCUT2D eigenvalue weighted by atomic mass is 10.2. The molecule has 2 N–H and O–H groups in total. The van der Waals surface area contributed by atoms with Crippen molar-refractivity contribution in [3.8, 4) is 0 Å². The van der Waals surface area contributed by atoms with Gasteiger partial charge in [0.05, 0.1) is 12.3 Å². The van der Waals surface area contributed by atoms with Gasteiger partial charge in [0.2, 0.25) is 0 Å². The molecule has 122 valence electrons. The Morgan fingerprint density at radius 2 is 1.92 bits per heavy atom. The number of aromatic nitrogens is 1. The predicted octanol–water partition coefficient (Wildman–Crippen LogP) is 4.36. The molecule has 1 amide bonds. The average molecular weight is 387 g/mol. The van der Waals surface area contributed by atoms with E-state index in [1.165, 1.54) is 0 Å². The molecule has 24 heavy (non-hydrogen) atoms. The number of anilines is 1. The maximum absolute atomic E-state index is 12.5. The minimum Gasteiger partial charge on any atom is -0.461 e. The third-order valence-electron chi connectivity index (χ3n) is 3.51. The monoisotopic (exact) mass is 386 g/mol. The van der Waals surface area contributed by atoms with Crippen LogP contribution in [0.4, 0.5) is 5.69 Å². The highest BCUT2D eigenvalue weighted by Crippen LogP contribution is 2.31. The highest BCUT2D eigenvalue weighted by molar-refractivity contribution is 9.10. The maximum atomic E-state index is 12.5. The van der Waals surface area contributed by atoms with E-state index in [2.05, 4.69) is 26.2 Å². The largest absolute Gasteiger partial charge is 0.461 e. The fraction of sp³-hybridized carbons (Fsp3) is 0.111. The minimum atomic E-state index is -0.506. The minimum absolute atomic E-state index is 0.231. The fourth-order valence-electron chi connectivity index (χ4n) is 2.43. The Bertz CT molecular complexity index is 903. The number of carbonyl (C=O) groups is 2. The first kappa shape index (κ1) is 16.3. The van der Waals surface area contributed by atoms with E-state index in [9.17, 15) is 9.59 Å². The molecule has 3 rings (SSSR count). The van der Waals surface area contributed by atoms with Crippen molar-refractivity contribution in [1.82, 2.24) is 4.98 Å². The molecule has 1 heterocycles. The van der Waals surface area contributed by atoms with Crippen LogP contribution in [0, 0.1) is 0 Å². The van der Waals surface area contributed by atoms with Gasteiger partial charge in [-0.15, -0.1) is 0 Å². The highest BCUT2D eigenvalue weighted by atomic mass is 79.9. The van der Waals surface area contributed by atoms with Crippen LogP contribution in [0.25, 0.3) is 10.9 Å². The molecule has 5 nitrogen and oxygen atoms in total. The van der Waals surface area contributed by atoms with Crippen molar-refractivity contribution in [1.29, 1.82) is 0 Å². The van der Waals surface area contributed by atoms with Gasteiger partial charge < -0.3 is 15.0 Å². The zero-order valence-corrected chi connectivity index (χ0v) is 14.5. The molecule has 0 aliphatic rings. The number of hydrogen-bond acceptors (Lipinski definition) is 3. The summed E-state index contributed by atoms with van der Waals surface area (Å²) in [6.45, 7) is 1.99. The molecule has 0 aliphatic carbocycles. The number of halogens is 1. The molecule has 0 radical (unpaired) electrons. The Labute approximate surface area is 147 Å². The molecule has 0 spiro atoms. The van der Waals surface area contributed by atoms with E-state index in [0.717, 1.165) is 15.4 Å². The predicted molar refractivity (Wildman–Crippen MR) is 96.4 cm³/mol. The number of ether oxygens (including phenoxy) is 1. The molecule has 0 unspecified atom stereocenters. The van der Waals surface area contributed by atoms with Gasteiger partial charge in [0.1, 0.15) is 5.69 Å². The van der Waals surface area contributed by atoms with Gasteiger partial charge in [-0.2, -0.15) is 0 Å². The van der Waals surface area contributed by atoms with Crippen LogP contribution in [0.15, 0.2) is 53.0 Å². The van der Waals surface area contributed by atoms with E-state index in [4.69, 9.17) is 4.74 Å². The summed E-state index contributed by atoms with van der Waals surface area (Å²) in [5, 5.41) is 3.56. The molecule has 1 aromatic heterocycles. The topological polar surface area (TPSA) is 71.2 Å². The van der Waals surface area contributed by atoms with E-state index in [-0.39, 0.29) is 18.2 Å². The normalized spacial score (nSPS) is 10.6. The number of fused-ring (bicyclic) bond motifs is 1. The first-order chi connectivity index (χ1) is 11.6. The van der Waals surface area contributed by atoms with Crippen LogP contribution in [0.5, 0.6) is 0 Å². The van der Waals surface area contributed by atoms with Gasteiger partial charge in [-0.25, -0.2) is 4.79 Å². The third-order valence-corrected chi connectivity index (χ3v) is 4.01. The number of benzene rings is 2. The van der Waals surface area contributed by atoms with Crippen molar-refractivity contribution in [2.45, 2.75) is 6.92 Å². The molecule has 0 saturated carbocycles. The molecule has 2 aromatic carbocycles. The van der Waals surface area contributed by atoms with E-state index >= 15 is 0 Å². The Hall–Kier alpha value is -2.60. The summed E-state index contributed by atoms with van der Waals surface area (Å²) in [5.74, 6) is -0.793. The lowest BCUT2D eigenvalue weighted by Gasteiger charge is -2.07. The molecule has 0 atom stereocenters.